The molecule has 2 heterocycles. The Morgan fingerprint density at radius 3 is 2.05 bits per heavy atom. The number of hydrogen-bond acceptors (Lipinski definition) is 9. The second-order valence-electron chi connectivity index (χ2n) is 9.32. The Morgan fingerprint density at radius 1 is 0.872 bits per heavy atom. The van der Waals surface area contributed by atoms with E-state index < -0.39 is 23.0 Å². The van der Waals surface area contributed by atoms with Crippen molar-refractivity contribution in [2.45, 2.75) is 26.7 Å². The van der Waals surface area contributed by atoms with E-state index in [9.17, 15) is 14.0 Å². The Hall–Kier alpha value is -3.44. The molecule has 2 aromatic heterocycles. The Morgan fingerprint density at radius 2 is 1.46 bits per heavy atom. The number of rotatable bonds is 12. The first-order valence-electron chi connectivity index (χ1n) is 12.0. The van der Waals surface area contributed by atoms with Crippen LogP contribution in [-0.2, 0) is 9.53 Å². The maximum absolute atomic E-state index is 15.5. The first-order chi connectivity index (χ1) is 18.6. The molecule has 0 atom stereocenters. The highest BCUT2D eigenvalue weighted by Gasteiger charge is 2.32. The summed E-state index contributed by atoms with van der Waals surface area (Å²) < 4.78 is 58.4. The number of ketones is 1. The molecule has 0 saturated heterocycles. The van der Waals surface area contributed by atoms with Crippen molar-refractivity contribution in [1.82, 2.24) is 0 Å². The minimum atomic E-state index is -1.02. The maximum atomic E-state index is 15.5. The van der Waals surface area contributed by atoms with Gasteiger partial charge in [-0.2, -0.15) is 0 Å². The van der Waals surface area contributed by atoms with Crippen LogP contribution in [-0.4, -0.2) is 46.3 Å². The third kappa shape index (κ3) is 5.79. The highest BCUT2D eigenvalue weighted by Crippen LogP contribution is 2.41. The van der Waals surface area contributed by atoms with Crippen LogP contribution < -0.4 is 18.9 Å². The molecule has 0 unspecified atom stereocenters. The van der Waals surface area contributed by atoms with Crippen molar-refractivity contribution in [2.75, 3.05) is 34.5 Å². The lowest BCUT2D eigenvalue weighted by molar-refractivity contribution is -0.150. The number of fused-ring (bicyclic) bond motifs is 2. The lowest BCUT2D eigenvalue weighted by atomic mass is 9.87. The minimum Gasteiger partial charge on any atom is -0.493 e. The summed E-state index contributed by atoms with van der Waals surface area (Å²) in [5.74, 6) is -1.58. The van der Waals surface area contributed by atoms with Gasteiger partial charge in [0.2, 0.25) is 0 Å². The summed E-state index contributed by atoms with van der Waals surface area (Å²) in [5.41, 5.74) is -1.02. The van der Waals surface area contributed by atoms with E-state index in [-0.39, 0.29) is 48.1 Å². The van der Waals surface area contributed by atoms with Gasteiger partial charge in [-0.1, -0.05) is 0 Å². The fraction of sp³-hybridized carbons (Fsp3) is 0.357. The van der Waals surface area contributed by atoms with Crippen molar-refractivity contribution < 1.29 is 42.1 Å². The number of methoxy groups -OCH3 is 3. The van der Waals surface area contributed by atoms with Crippen LogP contribution in [0.25, 0.3) is 20.2 Å². The van der Waals surface area contributed by atoms with E-state index in [1.54, 1.807) is 37.4 Å². The van der Waals surface area contributed by atoms with Gasteiger partial charge in [0.25, 0.3) is 0 Å². The molecule has 0 spiro atoms. The highest BCUT2D eigenvalue weighted by atomic mass is 32.1. The molecule has 0 bridgehead atoms. The van der Waals surface area contributed by atoms with Gasteiger partial charge in [0.15, 0.2) is 40.4 Å². The Labute approximate surface area is 232 Å². The third-order valence-corrected chi connectivity index (χ3v) is 8.12. The molecule has 4 rings (SSSR count). The van der Waals surface area contributed by atoms with Crippen LogP contribution in [0.1, 0.15) is 36.4 Å². The summed E-state index contributed by atoms with van der Waals surface area (Å²) in [5, 5.41) is 2.45. The minimum absolute atomic E-state index is 0.0134. The van der Waals surface area contributed by atoms with Crippen LogP contribution in [0.5, 0.6) is 23.0 Å². The predicted octanol–water partition coefficient (Wildman–Crippen LogP) is 7.03. The molecule has 39 heavy (non-hydrogen) atoms. The molecule has 0 fully saturated rings. The normalized spacial score (nSPS) is 11.6. The monoisotopic (exact) mass is 578 g/mol. The van der Waals surface area contributed by atoms with Crippen molar-refractivity contribution in [2.24, 2.45) is 5.41 Å². The Balaban J connectivity index is 1.45. The lowest BCUT2D eigenvalue weighted by Crippen LogP contribution is -2.28. The van der Waals surface area contributed by atoms with Gasteiger partial charge in [0, 0.05) is 45.1 Å². The lowest BCUT2D eigenvalue weighted by Gasteiger charge is -2.19. The number of ether oxygens (including phenoxy) is 5. The zero-order chi connectivity index (χ0) is 28.3. The van der Waals surface area contributed by atoms with E-state index in [0.29, 0.717) is 27.1 Å². The fourth-order valence-corrected chi connectivity index (χ4v) is 5.92. The van der Waals surface area contributed by atoms with E-state index in [2.05, 4.69) is 0 Å². The molecule has 0 radical (unpaired) electrons. The van der Waals surface area contributed by atoms with Crippen molar-refractivity contribution in [3.8, 4) is 23.0 Å². The quantitative estimate of drug-likeness (QED) is 0.101. The summed E-state index contributed by atoms with van der Waals surface area (Å²) in [6.45, 7) is 3.40. The van der Waals surface area contributed by atoms with Crippen LogP contribution in [0, 0.1) is 17.0 Å². The van der Waals surface area contributed by atoms with Crippen molar-refractivity contribution >= 4 is 54.6 Å². The molecule has 0 saturated carbocycles. The number of esters is 1. The molecule has 0 aliphatic rings. The van der Waals surface area contributed by atoms with Crippen LogP contribution in [0.3, 0.4) is 0 Å². The van der Waals surface area contributed by atoms with E-state index in [4.69, 9.17) is 23.7 Å². The molecular formula is C28H28F2O7S2. The smallest absolute Gasteiger partial charge is 0.311 e. The SMILES string of the molecule is COC(=O)C(C)(C)CC(=O)c1cc2c(F)c(OCCCOc3c(OC)cc4sccc4c3F)c(OC)cc2s1. The molecular weight excluding hydrogens is 550 g/mol. The number of thiophene rings is 2. The van der Waals surface area contributed by atoms with E-state index in [1.807, 2.05) is 0 Å². The van der Waals surface area contributed by atoms with Gasteiger partial charge in [-0.15, -0.1) is 22.7 Å². The second-order valence-corrected chi connectivity index (χ2v) is 11.4. The molecule has 7 nitrogen and oxygen atoms in total. The zero-order valence-electron chi connectivity index (χ0n) is 22.1. The van der Waals surface area contributed by atoms with Gasteiger partial charge >= 0.3 is 5.97 Å². The fourth-order valence-electron chi connectivity index (χ4n) is 4.08. The van der Waals surface area contributed by atoms with Crippen LogP contribution >= 0.6 is 22.7 Å². The average Bonchev–Trinajstić information content (AvgIpc) is 3.57. The zero-order valence-corrected chi connectivity index (χ0v) is 23.8. The molecule has 208 valence electrons. The van der Waals surface area contributed by atoms with E-state index in [0.717, 1.165) is 16.0 Å². The van der Waals surface area contributed by atoms with E-state index in [1.165, 1.54) is 38.7 Å². The standard InChI is InChI=1S/C28H28F2O7S2/c1-28(2,27(32)35-5)14-17(31)22-11-16-21(39-22)13-19(34-4)26(24(16)30)37-9-6-8-36-25-18(33-3)12-20-15(23(25)29)7-10-38-20/h7,10-13H,6,8-9,14H2,1-5H3. The number of benzene rings is 2. The van der Waals surface area contributed by atoms with Crippen LogP contribution in [0.4, 0.5) is 8.78 Å². The summed E-state index contributed by atoms with van der Waals surface area (Å²) in [6.07, 6.45) is 0.236. The van der Waals surface area contributed by atoms with Gasteiger partial charge < -0.3 is 23.7 Å². The molecule has 0 amide bonds. The summed E-state index contributed by atoms with van der Waals surface area (Å²) in [7, 11) is 4.10. The van der Waals surface area contributed by atoms with Gasteiger partial charge in [-0.25, -0.2) is 8.78 Å². The topological polar surface area (TPSA) is 80.3 Å². The summed E-state index contributed by atoms with van der Waals surface area (Å²) >= 11 is 2.51. The molecule has 4 aromatic rings. The molecule has 0 aliphatic carbocycles. The summed E-state index contributed by atoms with van der Waals surface area (Å²) in [6, 6.07) is 6.46. The van der Waals surface area contributed by atoms with Crippen LogP contribution in [0.15, 0.2) is 29.6 Å². The molecule has 11 heteroatoms. The van der Waals surface area contributed by atoms with Gasteiger partial charge in [0.05, 0.1) is 44.8 Å². The van der Waals surface area contributed by atoms with Gasteiger partial charge in [-0.05, 0) is 31.4 Å². The first-order valence-corrected chi connectivity index (χ1v) is 13.7. The summed E-state index contributed by atoms with van der Waals surface area (Å²) in [4.78, 5) is 25.1. The van der Waals surface area contributed by atoms with Crippen LogP contribution in [0.2, 0.25) is 0 Å². The van der Waals surface area contributed by atoms with Crippen molar-refractivity contribution in [3.05, 3.63) is 46.2 Å². The predicted molar refractivity (Wildman–Crippen MR) is 147 cm³/mol. The van der Waals surface area contributed by atoms with Gasteiger partial charge in [-0.3, -0.25) is 9.59 Å². The molecule has 0 aliphatic heterocycles. The molecule has 0 N–H and O–H groups in total. The highest BCUT2D eigenvalue weighted by molar-refractivity contribution is 7.20. The van der Waals surface area contributed by atoms with Crippen molar-refractivity contribution in [1.29, 1.82) is 0 Å². The number of Topliss-reactive ketones (excluding diaryl/α,β-unsaturated/α-hetero) is 1. The Bertz CT molecular complexity index is 1520. The Kier molecular flexibility index (Phi) is 8.60. The third-order valence-electron chi connectivity index (χ3n) is 6.14. The van der Waals surface area contributed by atoms with E-state index >= 15 is 4.39 Å². The number of carbonyl (C=O) groups is 2. The maximum Gasteiger partial charge on any atom is 0.311 e. The average molecular weight is 579 g/mol. The van der Waals surface area contributed by atoms with Crippen molar-refractivity contribution in [3.63, 3.8) is 0 Å². The number of hydrogen-bond donors (Lipinski definition) is 0. The molecule has 2 aromatic carbocycles. The van der Waals surface area contributed by atoms with Gasteiger partial charge in [0.1, 0.15) is 0 Å². The second kappa shape index (κ2) is 11.7. The largest absolute Gasteiger partial charge is 0.493 e. The number of halogens is 2. The number of carbonyl (C=O) groups excluding carboxylic acids is 2. The first kappa shape index (κ1) is 28.6.